The molecule has 0 saturated carbocycles. The molecule has 1 amide bonds. The molecule has 4 aromatic rings. The van der Waals surface area contributed by atoms with E-state index in [4.69, 9.17) is 4.98 Å². The first kappa shape index (κ1) is 18.3. The van der Waals surface area contributed by atoms with Crippen LogP contribution in [0.15, 0.2) is 60.7 Å². The number of thiophene rings is 1. The zero-order valence-electron chi connectivity index (χ0n) is 16.6. The van der Waals surface area contributed by atoms with Crippen LogP contribution >= 0.6 is 11.3 Å². The van der Waals surface area contributed by atoms with Gasteiger partial charge in [-0.1, -0.05) is 42.5 Å². The van der Waals surface area contributed by atoms with Gasteiger partial charge in [0.05, 0.1) is 10.4 Å². The van der Waals surface area contributed by atoms with Gasteiger partial charge in [-0.25, -0.2) is 4.98 Å². The Morgan fingerprint density at radius 1 is 1.03 bits per heavy atom. The number of likely N-dealkylation sites (tertiary alicyclic amines) is 1. The Morgan fingerprint density at radius 2 is 1.83 bits per heavy atom. The predicted octanol–water partition coefficient (Wildman–Crippen LogP) is 5.85. The zero-order chi connectivity index (χ0) is 19.8. The number of fused-ring (bicyclic) bond motifs is 2. The van der Waals surface area contributed by atoms with Gasteiger partial charge in [-0.05, 0) is 61.4 Å². The van der Waals surface area contributed by atoms with Gasteiger partial charge in [0.1, 0.15) is 4.83 Å². The lowest BCUT2D eigenvalue weighted by Gasteiger charge is -2.31. The highest BCUT2D eigenvalue weighted by molar-refractivity contribution is 7.20. The number of aromatic nitrogens is 1. The second-order valence-electron chi connectivity index (χ2n) is 8.11. The molecule has 1 aliphatic rings. The van der Waals surface area contributed by atoms with Gasteiger partial charge in [0.25, 0.3) is 5.91 Å². The quantitative estimate of drug-likeness (QED) is 0.432. The number of piperidine rings is 1. The van der Waals surface area contributed by atoms with Gasteiger partial charge in [0.15, 0.2) is 0 Å². The fraction of sp³-hybridized carbons (Fsp3) is 0.280. The van der Waals surface area contributed by atoms with Crippen molar-refractivity contribution in [2.45, 2.75) is 26.2 Å². The molecule has 2 aromatic heterocycles. The van der Waals surface area contributed by atoms with Crippen molar-refractivity contribution in [2.75, 3.05) is 13.1 Å². The van der Waals surface area contributed by atoms with E-state index in [-0.39, 0.29) is 5.91 Å². The molecule has 0 radical (unpaired) electrons. The molecule has 146 valence electrons. The summed E-state index contributed by atoms with van der Waals surface area (Å²) in [6.07, 6.45) is 3.27. The topological polar surface area (TPSA) is 33.2 Å². The molecule has 0 unspecified atom stereocenters. The summed E-state index contributed by atoms with van der Waals surface area (Å²) in [5.41, 5.74) is 3.60. The maximum absolute atomic E-state index is 13.1. The van der Waals surface area contributed by atoms with Crippen LogP contribution in [-0.4, -0.2) is 28.9 Å². The minimum Gasteiger partial charge on any atom is -0.338 e. The highest BCUT2D eigenvalue weighted by atomic mass is 32.1. The lowest BCUT2D eigenvalue weighted by atomic mass is 9.90. The van der Waals surface area contributed by atoms with E-state index in [1.54, 1.807) is 0 Å². The van der Waals surface area contributed by atoms with Crippen LogP contribution < -0.4 is 0 Å². The number of carbonyl (C=O) groups excluding carboxylic acids is 1. The molecule has 0 N–H and O–H groups in total. The molecule has 1 aliphatic heterocycles. The Hall–Kier alpha value is -2.72. The van der Waals surface area contributed by atoms with Gasteiger partial charge >= 0.3 is 0 Å². The smallest absolute Gasteiger partial charge is 0.264 e. The molecule has 2 aromatic carbocycles. The number of benzene rings is 2. The summed E-state index contributed by atoms with van der Waals surface area (Å²) in [6, 6.07) is 21.2. The van der Waals surface area contributed by atoms with Crippen LogP contribution in [0.25, 0.3) is 21.1 Å². The van der Waals surface area contributed by atoms with Gasteiger partial charge in [-0.15, -0.1) is 11.3 Å². The summed E-state index contributed by atoms with van der Waals surface area (Å²) in [6.45, 7) is 3.77. The lowest BCUT2D eigenvalue weighted by molar-refractivity contribution is 0.0695. The maximum atomic E-state index is 13.1. The average Bonchev–Trinajstić information content (AvgIpc) is 3.15. The highest BCUT2D eigenvalue weighted by Gasteiger charge is 2.25. The Morgan fingerprint density at radius 3 is 2.62 bits per heavy atom. The third kappa shape index (κ3) is 3.77. The van der Waals surface area contributed by atoms with E-state index in [1.165, 1.54) is 22.5 Å². The van der Waals surface area contributed by atoms with Crippen molar-refractivity contribution in [3.05, 3.63) is 76.7 Å². The molecular weight excluding hydrogens is 376 g/mol. The normalized spacial score (nSPS) is 15.3. The van der Waals surface area contributed by atoms with Crippen LogP contribution in [-0.2, 0) is 6.42 Å². The first-order valence-electron chi connectivity index (χ1n) is 10.3. The number of carbonyl (C=O) groups is 1. The Bertz CT molecular complexity index is 1170. The minimum absolute atomic E-state index is 0.159. The summed E-state index contributed by atoms with van der Waals surface area (Å²) < 4.78 is 0. The van der Waals surface area contributed by atoms with Crippen molar-refractivity contribution in [3.63, 3.8) is 0 Å². The molecular formula is C25H24N2OS. The van der Waals surface area contributed by atoms with E-state index in [1.807, 2.05) is 11.0 Å². The molecule has 0 bridgehead atoms. The SMILES string of the molecule is Cc1ccc2cc3cc(C(=O)N4CCC(Cc5ccccc5)CC4)sc3nc2c1. The van der Waals surface area contributed by atoms with E-state index in [0.717, 1.165) is 58.3 Å². The van der Waals surface area contributed by atoms with Crippen molar-refractivity contribution in [1.82, 2.24) is 9.88 Å². The van der Waals surface area contributed by atoms with Gasteiger partial charge in [-0.3, -0.25) is 4.79 Å². The third-order valence-electron chi connectivity index (χ3n) is 5.94. The van der Waals surface area contributed by atoms with E-state index in [2.05, 4.69) is 61.5 Å². The second-order valence-corrected chi connectivity index (χ2v) is 9.15. The van der Waals surface area contributed by atoms with Crippen LogP contribution in [0.1, 0.15) is 33.6 Å². The zero-order valence-corrected chi connectivity index (χ0v) is 17.4. The predicted molar refractivity (Wildman–Crippen MR) is 121 cm³/mol. The van der Waals surface area contributed by atoms with Crippen molar-refractivity contribution in [2.24, 2.45) is 5.92 Å². The summed E-state index contributed by atoms with van der Waals surface area (Å²) in [4.78, 5) is 21.7. The Balaban J connectivity index is 1.30. The number of hydrogen-bond donors (Lipinski definition) is 0. The molecule has 3 heterocycles. The molecule has 5 rings (SSSR count). The fourth-order valence-corrected chi connectivity index (χ4v) is 5.27. The molecule has 0 aliphatic carbocycles. The number of nitrogens with zero attached hydrogens (tertiary/aromatic N) is 2. The summed E-state index contributed by atoms with van der Waals surface area (Å²) in [5.74, 6) is 0.825. The number of rotatable bonds is 3. The van der Waals surface area contributed by atoms with Gasteiger partial charge in [0, 0.05) is 23.9 Å². The van der Waals surface area contributed by atoms with Crippen LogP contribution in [0, 0.1) is 12.8 Å². The molecule has 3 nitrogen and oxygen atoms in total. The Kier molecular flexibility index (Phi) is 4.80. The molecule has 29 heavy (non-hydrogen) atoms. The van der Waals surface area contributed by atoms with Crippen LogP contribution in [0.5, 0.6) is 0 Å². The summed E-state index contributed by atoms with van der Waals surface area (Å²) >= 11 is 1.52. The van der Waals surface area contributed by atoms with Crippen molar-refractivity contribution in [1.29, 1.82) is 0 Å². The maximum Gasteiger partial charge on any atom is 0.264 e. The number of hydrogen-bond acceptors (Lipinski definition) is 3. The minimum atomic E-state index is 0.159. The number of amides is 1. The van der Waals surface area contributed by atoms with Gasteiger partial charge < -0.3 is 4.90 Å². The van der Waals surface area contributed by atoms with Crippen LogP contribution in [0.4, 0.5) is 0 Å². The third-order valence-corrected chi connectivity index (χ3v) is 6.97. The van der Waals surface area contributed by atoms with Crippen molar-refractivity contribution < 1.29 is 4.79 Å². The fourth-order valence-electron chi connectivity index (χ4n) is 4.28. The standard InChI is InChI=1S/C25H24N2OS/c1-17-7-8-20-15-21-16-23(29-24(21)26-22(20)13-17)25(28)27-11-9-19(10-12-27)14-18-5-3-2-4-6-18/h2-8,13,15-16,19H,9-12,14H2,1H3. The lowest BCUT2D eigenvalue weighted by Crippen LogP contribution is -2.38. The van der Waals surface area contributed by atoms with Crippen molar-refractivity contribution >= 4 is 38.4 Å². The van der Waals surface area contributed by atoms with Crippen LogP contribution in [0.3, 0.4) is 0 Å². The first-order valence-corrected chi connectivity index (χ1v) is 11.1. The largest absolute Gasteiger partial charge is 0.338 e. The number of pyridine rings is 1. The molecule has 1 saturated heterocycles. The number of aryl methyl sites for hydroxylation is 1. The highest BCUT2D eigenvalue weighted by Crippen LogP contribution is 2.30. The van der Waals surface area contributed by atoms with E-state index < -0.39 is 0 Å². The first-order chi connectivity index (χ1) is 14.2. The van der Waals surface area contributed by atoms with E-state index in [9.17, 15) is 4.79 Å². The average molecular weight is 401 g/mol. The van der Waals surface area contributed by atoms with Gasteiger partial charge in [-0.2, -0.15) is 0 Å². The summed E-state index contributed by atoms with van der Waals surface area (Å²) in [5, 5.41) is 2.19. The second kappa shape index (κ2) is 7.60. The molecule has 4 heteroatoms. The van der Waals surface area contributed by atoms with E-state index in [0.29, 0.717) is 5.92 Å². The van der Waals surface area contributed by atoms with E-state index >= 15 is 0 Å². The van der Waals surface area contributed by atoms with Crippen molar-refractivity contribution in [3.8, 4) is 0 Å². The molecule has 1 fully saturated rings. The Labute approximate surface area is 175 Å². The molecule has 0 atom stereocenters. The van der Waals surface area contributed by atoms with Gasteiger partial charge in [0.2, 0.25) is 0 Å². The summed E-state index contributed by atoms with van der Waals surface area (Å²) in [7, 11) is 0. The monoisotopic (exact) mass is 400 g/mol. The van der Waals surface area contributed by atoms with Crippen LogP contribution in [0.2, 0.25) is 0 Å². The molecule has 0 spiro atoms.